The van der Waals surface area contributed by atoms with Crippen LogP contribution in [-0.2, 0) is 9.47 Å². The minimum Gasteiger partial charge on any atom is -0.497 e. The fourth-order valence-corrected chi connectivity index (χ4v) is 1.28. The molecule has 0 aromatic heterocycles. The first-order valence-corrected chi connectivity index (χ1v) is 5.71. The number of aliphatic imine (C=N–C) groups is 1. The van der Waals surface area contributed by atoms with Crippen molar-refractivity contribution in [1.29, 1.82) is 0 Å². The van der Waals surface area contributed by atoms with E-state index in [0.717, 1.165) is 11.4 Å². The lowest BCUT2D eigenvalue weighted by Gasteiger charge is -2.11. The van der Waals surface area contributed by atoms with Crippen LogP contribution in [0.25, 0.3) is 0 Å². The molecule has 4 nitrogen and oxygen atoms in total. The molecule has 0 spiro atoms. The molecule has 1 aromatic carbocycles. The van der Waals surface area contributed by atoms with E-state index in [0.29, 0.717) is 13.2 Å². The fraction of sp³-hybridized carbons (Fsp3) is 0.462. The Morgan fingerprint density at radius 1 is 1.12 bits per heavy atom. The molecule has 0 saturated carbocycles. The minimum atomic E-state index is -0.382. The van der Waals surface area contributed by atoms with Crippen LogP contribution in [0.2, 0.25) is 0 Å². The number of rotatable bonds is 7. The number of methoxy groups -OCH3 is 1. The largest absolute Gasteiger partial charge is 0.497 e. The van der Waals surface area contributed by atoms with E-state index >= 15 is 0 Å². The van der Waals surface area contributed by atoms with Gasteiger partial charge in [-0.2, -0.15) is 0 Å². The summed E-state index contributed by atoms with van der Waals surface area (Å²) in [5, 5.41) is 0. The van der Waals surface area contributed by atoms with Crippen LogP contribution in [0.3, 0.4) is 0 Å². The molecule has 4 heteroatoms. The Balaban J connectivity index is 2.59. The monoisotopic (exact) mass is 237 g/mol. The van der Waals surface area contributed by atoms with Crippen LogP contribution in [0.15, 0.2) is 29.3 Å². The Morgan fingerprint density at radius 3 is 2.18 bits per heavy atom. The summed E-state index contributed by atoms with van der Waals surface area (Å²) in [6.07, 6.45) is 1.28. The van der Waals surface area contributed by atoms with Crippen molar-refractivity contribution in [3.8, 4) is 5.75 Å². The Hall–Kier alpha value is -1.39. The van der Waals surface area contributed by atoms with E-state index in [1.807, 2.05) is 38.1 Å². The van der Waals surface area contributed by atoms with Gasteiger partial charge in [-0.3, -0.25) is 4.99 Å². The van der Waals surface area contributed by atoms with Crippen molar-refractivity contribution in [2.45, 2.75) is 20.1 Å². The topological polar surface area (TPSA) is 40.0 Å². The van der Waals surface area contributed by atoms with Gasteiger partial charge in [-0.25, -0.2) is 0 Å². The molecule has 17 heavy (non-hydrogen) atoms. The summed E-state index contributed by atoms with van der Waals surface area (Å²) in [6.45, 7) is 5.04. The second kappa shape index (κ2) is 7.81. The maximum absolute atomic E-state index is 5.35. The molecule has 94 valence electrons. The smallest absolute Gasteiger partial charge is 0.194 e. The highest BCUT2D eigenvalue weighted by Gasteiger charge is 2.02. The van der Waals surface area contributed by atoms with Gasteiger partial charge in [0.2, 0.25) is 0 Å². The Bertz CT molecular complexity index is 329. The fourth-order valence-electron chi connectivity index (χ4n) is 1.28. The number of benzene rings is 1. The third-order valence-corrected chi connectivity index (χ3v) is 2.08. The highest BCUT2D eigenvalue weighted by Crippen LogP contribution is 2.17. The zero-order chi connectivity index (χ0) is 12.5. The molecular weight excluding hydrogens is 218 g/mol. The molecular formula is C13H19NO3. The summed E-state index contributed by atoms with van der Waals surface area (Å²) < 4.78 is 15.8. The predicted octanol–water partition coefficient (Wildman–Crippen LogP) is 2.80. The molecule has 0 amide bonds. The van der Waals surface area contributed by atoms with E-state index < -0.39 is 0 Å². The summed E-state index contributed by atoms with van der Waals surface area (Å²) >= 11 is 0. The normalized spacial score (nSPS) is 11.3. The quantitative estimate of drug-likeness (QED) is 0.541. The lowest BCUT2D eigenvalue weighted by atomic mass is 10.3. The van der Waals surface area contributed by atoms with Gasteiger partial charge in [0.25, 0.3) is 0 Å². The molecule has 0 N–H and O–H groups in total. The van der Waals surface area contributed by atoms with E-state index in [4.69, 9.17) is 14.2 Å². The molecule has 0 aliphatic rings. The maximum atomic E-state index is 5.35. The first-order valence-electron chi connectivity index (χ1n) is 5.71. The van der Waals surface area contributed by atoms with Crippen molar-refractivity contribution < 1.29 is 14.2 Å². The van der Waals surface area contributed by atoms with E-state index in [-0.39, 0.29) is 6.29 Å². The Kier molecular flexibility index (Phi) is 6.29. The number of ether oxygens (including phenoxy) is 3. The molecule has 1 aromatic rings. The van der Waals surface area contributed by atoms with Gasteiger partial charge in [0.05, 0.1) is 19.0 Å². The van der Waals surface area contributed by atoms with Crippen LogP contribution in [0, 0.1) is 0 Å². The summed E-state index contributed by atoms with van der Waals surface area (Å²) in [4.78, 5) is 4.29. The second-order valence-electron chi connectivity index (χ2n) is 3.26. The van der Waals surface area contributed by atoms with Crippen molar-refractivity contribution in [3.63, 3.8) is 0 Å². The molecule has 0 aliphatic heterocycles. The van der Waals surface area contributed by atoms with Crippen LogP contribution in [0.5, 0.6) is 5.75 Å². The van der Waals surface area contributed by atoms with Crippen molar-refractivity contribution in [2.24, 2.45) is 4.99 Å². The Morgan fingerprint density at radius 2 is 1.71 bits per heavy atom. The molecule has 0 radical (unpaired) electrons. The first-order chi connectivity index (χ1) is 8.30. The summed E-state index contributed by atoms with van der Waals surface area (Å²) in [6, 6.07) is 7.49. The zero-order valence-electron chi connectivity index (χ0n) is 10.6. The Labute approximate surface area is 102 Å². The number of hydrogen-bond acceptors (Lipinski definition) is 4. The molecule has 0 atom stereocenters. The van der Waals surface area contributed by atoms with Crippen LogP contribution in [-0.4, -0.2) is 32.8 Å². The van der Waals surface area contributed by atoms with E-state index in [9.17, 15) is 0 Å². The molecule has 1 rings (SSSR count). The van der Waals surface area contributed by atoms with Crippen LogP contribution >= 0.6 is 0 Å². The third kappa shape index (κ3) is 4.97. The SMILES string of the molecule is CCOC(C=Nc1ccc(OC)cc1)OCC. The highest BCUT2D eigenvalue weighted by atomic mass is 16.7. The summed E-state index contributed by atoms with van der Waals surface area (Å²) in [5.74, 6) is 0.815. The molecule has 0 saturated heterocycles. The zero-order valence-corrected chi connectivity index (χ0v) is 10.6. The van der Waals surface area contributed by atoms with Crippen LogP contribution < -0.4 is 4.74 Å². The standard InChI is InChI=1S/C13H19NO3/c1-4-16-13(17-5-2)10-14-11-6-8-12(15-3)9-7-11/h6-10,13H,4-5H2,1-3H3. The van der Waals surface area contributed by atoms with Gasteiger partial charge >= 0.3 is 0 Å². The summed E-state index contributed by atoms with van der Waals surface area (Å²) in [7, 11) is 1.64. The van der Waals surface area contributed by atoms with Gasteiger partial charge in [0.1, 0.15) is 5.75 Å². The lowest BCUT2D eigenvalue weighted by molar-refractivity contribution is -0.0867. The first kappa shape index (κ1) is 13.7. The number of hydrogen-bond donors (Lipinski definition) is 0. The van der Waals surface area contributed by atoms with Crippen molar-refractivity contribution in [2.75, 3.05) is 20.3 Å². The van der Waals surface area contributed by atoms with E-state index in [1.165, 1.54) is 0 Å². The molecule has 0 heterocycles. The maximum Gasteiger partial charge on any atom is 0.194 e. The average Bonchev–Trinajstić information content (AvgIpc) is 2.37. The van der Waals surface area contributed by atoms with Gasteiger partial charge in [-0.05, 0) is 38.1 Å². The van der Waals surface area contributed by atoms with Gasteiger partial charge < -0.3 is 14.2 Å². The van der Waals surface area contributed by atoms with E-state index in [2.05, 4.69) is 4.99 Å². The number of nitrogens with zero attached hydrogens (tertiary/aromatic N) is 1. The van der Waals surface area contributed by atoms with Crippen LogP contribution in [0.1, 0.15) is 13.8 Å². The minimum absolute atomic E-state index is 0.382. The predicted molar refractivity (Wildman–Crippen MR) is 68.2 cm³/mol. The van der Waals surface area contributed by atoms with Gasteiger partial charge in [0, 0.05) is 13.2 Å². The molecule has 0 fully saturated rings. The lowest BCUT2D eigenvalue weighted by Crippen LogP contribution is -2.18. The molecule has 0 aliphatic carbocycles. The summed E-state index contributed by atoms with van der Waals surface area (Å²) in [5.41, 5.74) is 0.843. The van der Waals surface area contributed by atoms with Crippen LogP contribution in [0.4, 0.5) is 5.69 Å². The van der Waals surface area contributed by atoms with Gasteiger partial charge in [-0.15, -0.1) is 0 Å². The van der Waals surface area contributed by atoms with Crippen molar-refractivity contribution in [3.05, 3.63) is 24.3 Å². The van der Waals surface area contributed by atoms with Crippen molar-refractivity contribution >= 4 is 11.9 Å². The van der Waals surface area contributed by atoms with E-state index in [1.54, 1.807) is 13.3 Å². The molecule has 0 bridgehead atoms. The highest BCUT2D eigenvalue weighted by molar-refractivity contribution is 5.66. The van der Waals surface area contributed by atoms with Crippen molar-refractivity contribution in [1.82, 2.24) is 0 Å². The average molecular weight is 237 g/mol. The second-order valence-corrected chi connectivity index (χ2v) is 3.26. The van der Waals surface area contributed by atoms with Gasteiger partial charge in [-0.1, -0.05) is 0 Å². The third-order valence-electron chi connectivity index (χ3n) is 2.08. The molecule has 0 unspecified atom stereocenters. The van der Waals surface area contributed by atoms with Gasteiger partial charge in [0.15, 0.2) is 6.29 Å².